The minimum absolute atomic E-state index is 0.0109. The highest BCUT2D eigenvalue weighted by Crippen LogP contribution is 2.30. The van der Waals surface area contributed by atoms with Gasteiger partial charge >= 0.3 is 0 Å². The molecule has 4 rings (SSSR count). The van der Waals surface area contributed by atoms with E-state index in [9.17, 15) is 4.21 Å². The number of aryl methyl sites for hydroxylation is 1. The molecule has 0 spiro atoms. The van der Waals surface area contributed by atoms with Crippen LogP contribution in [0.25, 0.3) is 0 Å². The maximum atomic E-state index is 12.5. The summed E-state index contributed by atoms with van der Waals surface area (Å²) in [6, 6.07) is 7.97. The van der Waals surface area contributed by atoms with Crippen LogP contribution in [-0.4, -0.2) is 58.7 Å². The number of nitrogens with zero attached hydrogens (tertiary/aromatic N) is 4. The first-order valence-corrected chi connectivity index (χ1v) is 12.2. The predicted molar refractivity (Wildman–Crippen MR) is 124 cm³/mol. The molecule has 3 N–H and O–H groups in total. The third-order valence-corrected chi connectivity index (χ3v) is 7.50. The molecule has 162 valence electrons. The standard InChI is InChI=1S/C21H29ClN6OS/c1-14(2)17(23)13-24-20-19-18(7-12-30(19)29)25-21(26-20)28-10-8-27(9-11-28)16-5-3-15(22)4-6-16/h3-6,14,17H,7-13,23H2,1-2H3,(H,24,25,26). The fraction of sp³-hybridized carbons (Fsp3) is 0.524. The average Bonchev–Trinajstić information content (AvgIpc) is 3.13. The number of anilines is 3. The molecule has 1 saturated heterocycles. The van der Waals surface area contributed by atoms with Crippen LogP contribution >= 0.6 is 11.6 Å². The van der Waals surface area contributed by atoms with Crippen molar-refractivity contribution in [2.45, 2.75) is 31.2 Å². The maximum Gasteiger partial charge on any atom is 0.227 e. The van der Waals surface area contributed by atoms with E-state index in [1.165, 1.54) is 5.69 Å². The number of nitrogens with one attached hydrogen (secondary N) is 1. The lowest BCUT2D eigenvalue weighted by atomic mass is 10.1. The summed E-state index contributed by atoms with van der Waals surface area (Å²) < 4.78 is 12.5. The summed E-state index contributed by atoms with van der Waals surface area (Å²) in [6.45, 7) is 8.22. The second-order valence-corrected chi connectivity index (χ2v) is 10.1. The van der Waals surface area contributed by atoms with E-state index in [0.29, 0.717) is 30.0 Å². The largest absolute Gasteiger partial charge is 0.368 e. The molecule has 2 unspecified atom stereocenters. The zero-order chi connectivity index (χ0) is 21.3. The second-order valence-electron chi connectivity index (χ2n) is 8.19. The summed E-state index contributed by atoms with van der Waals surface area (Å²) in [4.78, 5) is 14.9. The number of hydrogen-bond acceptors (Lipinski definition) is 7. The molecule has 1 aromatic carbocycles. The van der Waals surface area contributed by atoms with Gasteiger partial charge in [0, 0.05) is 61.6 Å². The topological polar surface area (TPSA) is 87.4 Å². The first kappa shape index (κ1) is 21.3. The van der Waals surface area contributed by atoms with E-state index in [-0.39, 0.29) is 6.04 Å². The second kappa shape index (κ2) is 9.08. The Morgan fingerprint density at radius 2 is 1.80 bits per heavy atom. The molecule has 30 heavy (non-hydrogen) atoms. The quantitative estimate of drug-likeness (QED) is 0.701. The highest BCUT2D eigenvalue weighted by Gasteiger charge is 2.28. The molecule has 0 radical (unpaired) electrons. The SMILES string of the molecule is CC(C)C(N)CNc1nc(N2CCN(c3ccc(Cl)cc3)CC2)nc2c1S(=O)CC2. The van der Waals surface area contributed by atoms with Crippen molar-refractivity contribution in [3.63, 3.8) is 0 Å². The van der Waals surface area contributed by atoms with Gasteiger partial charge < -0.3 is 20.9 Å². The molecule has 2 aliphatic heterocycles. The maximum absolute atomic E-state index is 12.5. The Kier molecular flexibility index (Phi) is 6.46. The summed E-state index contributed by atoms with van der Waals surface area (Å²) >= 11 is 6.01. The van der Waals surface area contributed by atoms with Gasteiger partial charge in [-0.1, -0.05) is 25.4 Å². The molecule has 7 nitrogen and oxygen atoms in total. The van der Waals surface area contributed by atoms with Crippen molar-refractivity contribution >= 4 is 39.9 Å². The lowest BCUT2D eigenvalue weighted by Crippen LogP contribution is -2.47. The third kappa shape index (κ3) is 4.55. The number of fused-ring (bicyclic) bond motifs is 1. The lowest BCUT2D eigenvalue weighted by molar-refractivity contribution is 0.510. The Hall–Kier alpha value is -1.90. The molecular formula is C21H29ClN6OS. The molecule has 1 aromatic heterocycles. The molecule has 0 bridgehead atoms. The molecule has 3 heterocycles. The van der Waals surface area contributed by atoms with E-state index in [4.69, 9.17) is 27.3 Å². The summed E-state index contributed by atoms with van der Waals surface area (Å²) in [7, 11) is -1.05. The van der Waals surface area contributed by atoms with E-state index in [1.807, 2.05) is 12.1 Å². The Morgan fingerprint density at radius 3 is 2.47 bits per heavy atom. The van der Waals surface area contributed by atoms with Gasteiger partial charge in [0.05, 0.1) is 16.5 Å². The van der Waals surface area contributed by atoms with Crippen molar-refractivity contribution in [3.05, 3.63) is 35.0 Å². The molecule has 0 saturated carbocycles. The third-order valence-electron chi connectivity index (χ3n) is 5.79. The Morgan fingerprint density at radius 1 is 1.13 bits per heavy atom. The minimum Gasteiger partial charge on any atom is -0.368 e. The molecular weight excluding hydrogens is 420 g/mol. The Bertz CT molecular complexity index is 914. The number of halogens is 1. The van der Waals surface area contributed by atoms with Crippen molar-refractivity contribution in [2.75, 3.05) is 53.6 Å². The number of piperazine rings is 1. The van der Waals surface area contributed by atoms with Gasteiger partial charge in [-0.2, -0.15) is 4.98 Å². The van der Waals surface area contributed by atoms with Crippen LogP contribution in [0.4, 0.5) is 17.5 Å². The van der Waals surface area contributed by atoms with Crippen LogP contribution in [0, 0.1) is 5.92 Å². The van der Waals surface area contributed by atoms with Gasteiger partial charge in [-0.05, 0) is 30.2 Å². The van der Waals surface area contributed by atoms with E-state index in [0.717, 1.165) is 48.2 Å². The zero-order valence-corrected chi connectivity index (χ0v) is 19.0. The molecule has 2 aromatic rings. The van der Waals surface area contributed by atoms with Crippen molar-refractivity contribution in [1.29, 1.82) is 0 Å². The molecule has 9 heteroatoms. The van der Waals surface area contributed by atoms with Crippen molar-refractivity contribution < 1.29 is 4.21 Å². The number of benzene rings is 1. The minimum atomic E-state index is -1.05. The van der Waals surface area contributed by atoms with E-state index < -0.39 is 10.8 Å². The smallest absolute Gasteiger partial charge is 0.227 e. The summed E-state index contributed by atoms with van der Waals surface area (Å²) in [5, 5.41) is 4.11. The van der Waals surface area contributed by atoms with Crippen LogP contribution in [0.2, 0.25) is 5.02 Å². The van der Waals surface area contributed by atoms with Gasteiger partial charge in [0.25, 0.3) is 0 Å². The fourth-order valence-corrected chi connectivity index (χ4v) is 5.16. The highest BCUT2D eigenvalue weighted by atomic mass is 35.5. The van der Waals surface area contributed by atoms with Crippen molar-refractivity contribution in [3.8, 4) is 0 Å². The summed E-state index contributed by atoms with van der Waals surface area (Å²) in [5.74, 6) is 2.37. The van der Waals surface area contributed by atoms with Crippen molar-refractivity contribution in [1.82, 2.24) is 9.97 Å². The van der Waals surface area contributed by atoms with Crippen LogP contribution in [0.1, 0.15) is 19.5 Å². The van der Waals surface area contributed by atoms with Crippen LogP contribution < -0.4 is 20.9 Å². The van der Waals surface area contributed by atoms with Gasteiger partial charge in [-0.15, -0.1) is 0 Å². The van der Waals surface area contributed by atoms with Gasteiger partial charge in [0.15, 0.2) is 0 Å². The van der Waals surface area contributed by atoms with Gasteiger partial charge in [0.2, 0.25) is 5.95 Å². The molecule has 1 fully saturated rings. The highest BCUT2D eigenvalue weighted by molar-refractivity contribution is 7.85. The van der Waals surface area contributed by atoms with Crippen LogP contribution in [-0.2, 0) is 17.2 Å². The first-order valence-electron chi connectivity index (χ1n) is 10.5. The summed E-state index contributed by atoms with van der Waals surface area (Å²) in [6.07, 6.45) is 0.729. The van der Waals surface area contributed by atoms with E-state index in [1.54, 1.807) is 0 Å². The molecule has 0 amide bonds. The molecule has 2 aliphatic rings. The number of rotatable bonds is 6. The van der Waals surface area contributed by atoms with Gasteiger partial charge in [0.1, 0.15) is 10.7 Å². The Labute approximate surface area is 185 Å². The number of nitrogens with two attached hydrogens (primary N) is 1. The van der Waals surface area contributed by atoms with Crippen LogP contribution in [0.3, 0.4) is 0 Å². The number of aromatic nitrogens is 2. The van der Waals surface area contributed by atoms with Crippen LogP contribution in [0.5, 0.6) is 0 Å². The van der Waals surface area contributed by atoms with Gasteiger partial charge in [-0.3, -0.25) is 4.21 Å². The first-order chi connectivity index (χ1) is 14.4. The van der Waals surface area contributed by atoms with E-state index in [2.05, 4.69) is 41.1 Å². The number of hydrogen-bond donors (Lipinski definition) is 2. The molecule has 2 atom stereocenters. The molecule has 0 aliphatic carbocycles. The average molecular weight is 449 g/mol. The predicted octanol–water partition coefficient (Wildman–Crippen LogP) is 2.52. The van der Waals surface area contributed by atoms with E-state index >= 15 is 0 Å². The fourth-order valence-electron chi connectivity index (χ4n) is 3.71. The van der Waals surface area contributed by atoms with Gasteiger partial charge in [-0.25, -0.2) is 4.98 Å². The monoisotopic (exact) mass is 448 g/mol. The lowest BCUT2D eigenvalue weighted by Gasteiger charge is -2.36. The van der Waals surface area contributed by atoms with Crippen LogP contribution in [0.15, 0.2) is 29.2 Å². The summed E-state index contributed by atoms with van der Waals surface area (Å²) in [5.41, 5.74) is 8.28. The van der Waals surface area contributed by atoms with Crippen molar-refractivity contribution in [2.24, 2.45) is 11.7 Å². The Balaban J connectivity index is 1.50. The zero-order valence-electron chi connectivity index (χ0n) is 17.5. The normalized spacial score (nSPS) is 19.8.